The Morgan fingerprint density at radius 1 is 1.22 bits per heavy atom. The summed E-state index contributed by atoms with van der Waals surface area (Å²) in [4.78, 5) is 0.140. The second-order valence-electron chi connectivity index (χ2n) is 3.66. The molecule has 1 rings (SSSR count). The fraction of sp³-hybridized carbons (Fsp3) is 0.455. The Kier molecular flexibility index (Phi) is 5.94. The Bertz CT molecular complexity index is 356. The average Bonchev–Trinajstić information content (AvgIpc) is 2.29. The lowest BCUT2D eigenvalue weighted by Gasteiger charge is -2.09. The zero-order chi connectivity index (χ0) is 13.6. The van der Waals surface area contributed by atoms with Crippen molar-refractivity contribution >= 4 is 11.8 Å². The third-order valence-corrected chi connectivity index (χ3v) is 2.82. The molecule has 102 valence electrons. The molecule has 0 fully saturated rings. The molecule has 1 aromatic rings. The zero-order valence-corrected chi connectivity index (χ0v) is 10.3. The van der Waals surface area contributed by atoms with Crippen LogP contribution in [0.15, 0.2) is 29.2 Å². The van der Waals surface area contributed by atoms with Crippen molar-refractivity contribution in [3.63, 3.8) is 0 Å². The van der Waals surface area contributed by atoms with E-state index in [1.54, 1.807) is 12.1 Å². The minimum absolute atomic E-state index is 0.140. The molecule has 1 aromatic carbocycles. The first-order valence-electron chi connectivity index (χ1n) is 5.25. The third-order valence-electron chi connectivity index (χ3n) is 2.08. The van der Waals surface area contributed by atoms with Crippen molar-refractivity contribution in [2.75, 3.05) is 13.2 Å². The Morgan fingerprint density at radius 2 is 1.83 bits per heavy atom. The zero-order valence-electron chi connectivity index (χ0n) is 9.44. The Hall–Kier alpha value is -0.760. The molecule has 0 radical (unpaired) electrons. The van der Waals surface area contributed by atoms with Crippen molar-refractivity contribution in [1.29, 1.82) is 0 Å². The molecule has 0 aliphatic carbocycles. The van der Waals surface area contributed by atoms with Gasteiger partial charge in [-0.1, -0.05) is 12.1 Å². The van der Waals surface area contributed by atoms with Crippen LogP contribution < -0.4 is 5.32 Å². The van der Waals surface area contributed by atoms with Gasteiger partial charge in [-0.2, -0.15) is 13.2 Å². The highest BCUT2D eigenvalue weighted by Gasteiger charge is 2.28. The van der Waals surface area contributed by atoms with Gasteiger partial charge in [0, 0.05) is 18.0 Å². The number of hydrogen-bond acceptors (Lipinski definition) is 4. The summed E-state index contributed by atoms with van der Waals surface area (Å²) in [5, 5.41) is 20.5. The monoisotopic (exact) mass is 281 g/mol. The van der Waals surface area contributed by atoms with E-state index in [9.17, 15) is 13.2 Å². The molecule has 1 unspecified atom stereocenters. The SMILES string of the molecule is OCC(O)CNCc1ccc(SC(F)(F)F)cc1. The standard InChI is InChI=1S/C11H14F3NO2S/c12-11(13,14)18-10-3-1-8(2-4-10)5-15-6-9(17)7-16/h1-4,9,15-17H,5-7H2. The predicted octanol–water partition coefficient (Wildman–Crippen LogP) is 1.74. The van der Waals surface area contributed by atoms with Crippen LogP contribution in [0.2, 0.25) is 0 Å². The lowest BCUT2D eigenvalue weighted by molar-refractivity contribution is -0.0328. The summed E-state index contributed by atoms with van der Waals surface area (Å²) >= 11 is -0.152. The largest absolute Gasteiger partial charge is 0.446 e. The molecule has 18 heavy (non-hydrogen) atoms. The van der Waals surface area contributed by atoms with Gasteiger partial charge in [-0.05, 0) is 29.5 Å². The molecular formula is C11H14F3NO2S. The molecule has 3 N–H and O–H groups in total. The van der Waals surface area contributed by atoms with Crippen LogP contribution in [0.25, 0.3) is 0 Å². The molecular weight excluding hydrogens is 267 g/mol. The van der Waals surface area contributed by atoms with E-state index in [2.05, 4.69) is 5.32 Å². The van der Waals surface area contributed by atoms with E-state index < -0.39 is 11.6 Å². The van der Waals surface area contributed by atoms with E-state index in [0.29, 0.717) is 6.54 Å². The number of rotatable bonds is 6. The molecule has 1 atom stereocenters. The number of aliphatic hydroxyl groups excluding tert-OH is 2. The number of thioether (sulfide) groups is 1. The highest BCUT2D eigenvalue weighted by Crippen LogP contribution is 2.36. The first-order valence-corrected chi connectivity index (χ1v) is 6.06. The number of hydrogen-bond donors (Lipinski definition) is 3. The van der Waals surface area contributed by atoms with Crippen molar-refractivity contribution in [2.24, 2.45) is 0 Å². The van der Waals surface area contributed by atoms with Crippen molar-refractivity contribution in [3.05, 3.63) is 29.8 Å². The van der Waals surface area contributed by atoms with E-state index in [1.165, 1.54) is 12.1 Å². The molecule has 0 spiro atoms. The third kappa shape index (κ3) is 6.25. The van der Waals surface area contributed by atoms with Crippen molar-refractivity contribution in [3.8, 4) is 0 Å². The van der Waals surface area contributed by atoms with Gasteiger partial charge in [-0.25, -0.2) is 0 Å². The van der Waals surface area contributed by atoms with Gasteiger partial charge in [0.15, 0.2) is 0 Å². The van der Waals surface area contributed by atoms with E-state index >= 15 is 0 Å². The Morgan fingerprint density at radius 3 is 2.33 bits per heavy atom. The molecule has 0 saturated carbocycles. The Labute approximate surface area is 107 Å². The van der Waals surface area contributed by atoms with Gasteiger partial charge in [0.1, 0.15) is 0 Å². The molecule has 0 heterocycles. The minimum Gasteiger partial charge on any atom is -0.394 e. The summed E-state index contributed by atoms with van der Waals surface area (Å²) < 4.78 is 36.2. The van der Waals surface area contributed by atoms with Gasteiger partial charge >= 0.3 is 5.51 Å². The molecule has 0 aromatic heterocycles. The minimum atomic E-state index is -4.27. The number of benzene rings is 1. The molecule has 0 aliphatic rings. The van der Waals surface area contributed by atoms with Crippen LogP contribution in [0.5, 0.6) is 0 Å². The second-order valence-corrected chi connectivity index (χ2v) is 4.80. The van der Waals surface area contributed by atoms with Crippen LogP contribution in [0, 0.1) is 0 Å². The van der Waals surface area contributed by atoms with Gasteiger partial charge in [0.2, 0.25) is 0 Å². The van der Waals surface area contributed by atoms with Gasteiger partial charge < -0.3 is 15.5 Å². The van der Waals surface area contributed by atoms with Gasteiger partial charge in [0.25, 0.3) is 0 Å². The quantitative estimate of drug-likeness (QED) is 0.695. The van der Waals surface area contributed by atoms with Crippen LogP contribution in [0.3, 0.4) is 0 Å². The summed E-state index contributed by atoms with van der Waals surface area (Å²) in [5.74, 6) is 0. The maximum absolute atomic E-state index is 12.1. The van der Waals surface area contributed by atoms with Crippen molar-refractivity contribution in [2.45, 2.75) is 23.1 Å². The lowest BCUT2D eigenvalue weighted by atomic mass is 10.2. The van der Waals surface area contributed by atoms with Crippen LogP contribution in [0.4, 0.5) is 13.2 Å². The topological polar surface area (TPSA) is 52.5 Å². The summed E-state index contributed by atoms with van der Waals surface area (Å²) in [6.45, 7) is 0.331. The van der Waals surface area contributed by atoms with Crippen LogP contribution in [-0.2, 0) is 6.54 Å². The fourth-order valence-corrected chi connectivity index (χ4v) is 1.80. The summed E-state index contributed by atoms with van der Waals surface area (Å²) in [7, 11) is 0. The molecule has 0 bridgehead atoms. The number of nitrogens with one attached hydrogen (secondary N) is 1. The summed E-state index contributed by atoms with van der Waals surface area (Å²) in [6, 6.07) is 5.98. The van der Waals surface area contributed by atoms with Crippen molar-refractivity contribution in [1.82, 2.24) is 5.32 Å². The van der Waals surface area contributed by atoms with E-state index in [0.717, 1.165) is 5.56 Å². The molecule has 3 nitrogen and oxygen atoms in total. The molecule has 0 aliphatic heterocycles. The van der Waals surface area contributed by atoms with E-state index in [1.807, 2.05) is 0 Å². The molecule has 7 heteroatoms. The first-order chi connectivity index (χ1) is 8.40. The van der Waals surface area contributed by atoms with Gasteiger partial charge in [0.05, 0.1) is 12.7 Å². The second kappa shape index (κ2) is 6.98. The van der Waals surface area contributed by atoms with E-state index in [-0.39, 0.29) is 29.8 Å². The van der Waals surface area contributed by atoms with Gasteiger partial charge in [-0.3, -0.25) is 0 Å². The highest BCUT2D eigenvalue weighted by atomic mass is 32.2. The van der Waals surface area contributed by atoms with Crippen LogP contribution in [0.1, 0.15) is 5.56 Å². The number of aliphatic hydroxyl groups is 2. The molecule has 0 saturated heterocycles. The predicted molar refractivity (Wildman–Crippen MR) is 63.2 cm³/mol. The van der Waals surface area contributed by atoms with Gasteiger partial charge in [-0.15, -0.1) is 0 Å². The first kappa shape index (κ1) is 15.3. The van der Waals surface area contributed by atoms with Crippen molar-refractivity contribution < 1.29 is 23.4 Å². The molecule has 0 amide bonds. The lowest BCUT2D eigenvalue weighted by Crippen LogP contribution is -2.28. The number of alkyl halides is 3. The van der Waals surface area contributed by atoms with E-state index in [4.69, 9.17) is 10.2 Å². The summed E-state index contributed by atoms with van der Waals surface area (Å²) in [5.41, 5.74) is -3.46. The average molecular weight is 281 g/mol. The maximum Gasteiger partial charge on any atom is 0.446 e. The smallest absolute Gasteiger partial charge is 0.394 e. The van der Waals surface area contributed by atoms with Crippen LogP contribution in [-0.4, -0.2) is 35.0 Å². The number of halogens is 3. The highest BCUT2D eigenvalue weighted by molar-refractivity contribution is 8.00. The summed E-state index contributed by atoms with van der Waals surface area (Å²) in [6.07, 6.45) is -0.829. The van der Waals surface area contributed by atoms with Crippen LogP contribution >= 0.6 is 11.8 Å². The normalized spacial score (nSPS) is 13.6. The Balaban J connectivity index is 2.41. The maximum atomic E-state index is 12.1. The fourth-order valence-electron chi connectivity index (χ4n) is 1.26.